The average molecular weight is 281 g/mol. The summed E-state index contributed by atoms with van der Waals surface area (Å²) in [6.07, 6.45) is 2.15. The fourth-order valence-electron chi connectivity index (χ4n) is 2.98. The molecule has 2 aliphatic rings. The summed E-state index contributed by atoms with van der Waals surface area (Å²) in [5.74, 6) is 0.585. The van der Waals surface area contributed by atoms with Crippen LogP contribution in [-0.2, 0) is 16.1 Å². The molecule has 7 heteroatoms. The van der Waals surface area contributed by atoms with E-state index in [1.54, 1.807) is 13.2 Å². The number of carbonyl (C=O) groups is 1. The molecule has 1 aliphatic carbocycles. The highest BCUT2D eigenvalue weighted by molar-refractivity contribution is 5.92. The van der Waals surface area contributed by atoms with Crippen molar-refractivity contribution in [2.24, 2.45) is 11.7 Å². The second kappa shape index (κ2) is 5.51. The van der Waals surface area contributed by atoms with Crippen molar-refractivity contribution in [2.75, 3.05) is 13.7 Å². The number of amides is 1. The predicted molar refractivity (Wildman–Crippen MR) is 68.9 cm³/mol. The first kappa shape index (κ1) is 13.5. The maximum Gasteiger partial charge on any atom is 0.273 e. The van der Waals surface area contributed by atoms with E-state index in [0.29, 0.717) is 11.7 Å². The van der Waals surface area contributed by atoms with Crippen molar-refractivity contribution in [3.05, 3.63) is 17.5 Å². The predicted octanol–water partition coefficient (Wildman–Crippen LogP) is 0.0555. The van der Waals surface area contributed by atoms with Gasteiger partial charge in [0, 0.05) is 31.7 Å². The normalized spacial score (nSPS) is 32.3. The van der Waals surface area contributed by atoms with Crippen LogP contribution in [0.15, 0.2) is 10.6 Å². The number of rotatable bonds is 4. The fraction of sp³-hybridized carbons (Fsp3) is 0.692. The molecule has 3 N–H and O–H groups in total. The van der Waals surface area contributed by atoms with Crippen molar-refractivity contribution in [2.45, 2.75) is 37.6 Å². The van der Waals surface area contributed by atoms with E-state index in [9.17, 15) is 4.79 Å². The molecule has 0 bridgehead atoms. The lowest BCUT2D eigenvalue weighted by molar-refractivity contribution is -0.117. The second-order valence-electron chi connectivity index (χ2n) is 5.33. The van der Waals surface area contributed by atoms with E-state index < -0.39 is 0 Å². The molecule has 0 spiro atoms. The van der Waals surface area contributed by atoms with Gasteiger partial charge in [-0.15, -0.1) is 0 Å². The molecule has 2 heterocycles. The molecule has 110 valence electrons. The molecule has 20 heavy (non-hydrogen) atoms. The molecule has 1 aliphatic heterocycles. The van der Waals surface area contributed by atoms with Crippen LogP contribution in [0.2, 0.25) is 0 Å². The van der Waals surface area contributed by atoms with Crippen molar-refractivity contribution in [3.8, 4) is 0 Å². The number of carbonyl (C=O) groups excluding carboxylic acids is 1. The fourth-order valence-corrected chi connectivity index (χ4v) is 2.98. The minimum absolute atomic E-state index is 0.0352. The summed E-state index contributed by atoms with van der Waals surface area (Å²) in [6.45, 7) is 1.03. The van der Waals surface area contributed by atoms with E-state index in [4.69, 9.17) is 19.7 Å². The summed E-state index contributed by atoms with van der Waals surface area (Å²) in [7, 11) is 1.55. The van der Waals surface area contributed by atoms with E-state index in [2.05, 4.69) is 10.5 Å². The van der Waals surface area contributed by atoms with Crippen LogP contribution in [0.4, 0.5) is 0 Å². The number of hydrogen-bond donors (Lipinski definition) is 2. The molecular weight excluding hydrogens is 262 g/mol. The molecule has 0 aromatic carbocycles. The topological polar surface area (TPSA) is 99.6 Å². The van der Waals surface area contributed by atoms with E-state index in [1.165, 1.54) is 0 Å². The molecule has 3 rings (SSSR count). The third kappa shape index (κ3) is 2.32. The highest BCUT2D eigenvalue weighted by atomic mass is 16.5. The van der Waals surface area contributed by atoms with Crippen LogP contribution in [0.25, 0.3) is 0 Å². The summed E-state index contributed by atoms with van der Waals surface area (Å²) in [4.78, 5) is 12.1. The molecule has 4 atom stereocenters. The summed E-state index contributed by atoms with van der Waals surface area (Å²) >= 11 is 0. The van der Waals surface area contributed by atoms with Gasteiger partial charge < -0.3 is 25.0 Å². The molecule has 1 saturated carbocycles. The van der Waals surface area contributed by atoms with Gasteiger partial charge in [-0.25, -0.2) is 0 Å². The summed E-state index contributed by atoms with van der Waals surface area (Å²) in [5, 5.41) is 6.61. The van der Waals surface area contributed by atoms with Crippen LogP contribution in [0.5, 0.6) is 0 Å². The Balaban J connectivity index is 1.61. The maximum absolute atomic E-state index is 12.1. The average Bonchev–Trinajstić information content (AvgIpc) is 2.93. The van der Waals surface area contributed by atoms with Gasteiger partial charge in [0.25, 0.3) is 5.91 Å². The van der Waals surface area contributed by atoms with Gasteiger partial charge in [0.2, 0.25) is 0 Å². The van der Waals surface area contributed by atoms with E-state index in [1.807, 2.05) is 0 Å². The van der Waals surface area contributed by atoms with Gasteiger partial charge in [0.15, 0.2) is 11.5 Å². The number of ether oxygens (including phenoxy) is 2. The van der Waals surface area contributed by atoms with Crippen molar-refractivity contribution in [1.29, 1.82) is 0 Å². The number of nitrogens with one attached hydrogen (secondary N) is 1. The Kier molecular flexibility index (Phi) is 3.73. The van der Waals surface area contributed by atoms with Gasteiger partial charge in [-0.1, -0.05) is 5.16 Å². The standard InChI is InChI=1S/C13H19N3O4/c1-18-6-7-5-9(16-20-7)13(17)15-11-10(14)8-3-2-4-19-12(8)11/h5,8,10-12H,2-4,6,14H2,1H3,(H,15,17). The van der Waals surface area contributed by atoms with Crippen LogP contribution >= 0.6 is 0 Å². The highest BCUT2D eigenvalue weighted by Gasteiger charge is 2.51. The quantitative estimate of drug-likeness (QED) is 0.809. The largest absolute Gasteiger partial charge is 0.377 e. The zero-order valence-electron chi connectivity index (χ0n) is 11.4. The third-order valence-corrected chi connectivity index (χ3v) is 4.05. The summed E-state index contributed by atoms with van der Waals surface area (Å²) < 4.78 is 15.6. The smallest absolute Gasteiger partial charge is 0.273 e. The Labute approximate surface area is 116 Å². The molecule has 1 amide bonds. The summed E-state index contributed by atoms with van der Waals surface area (Å²) in [5.41, 5.74) is 6.34. The lowest BCUT2D eigenvalue weighted by atomic mass is 9.68. The monoisotopic (exact) mass is 281 g/mol. The van der Waals surface area contributed by atoms with E-state index in [-0.39, 0.29) is 36.4 Å². The Hall–Kier alpha value is -1.44. The molecule has 1 saturated heterocycles. The molecule has 7 nitrogen and oxygen atoms in total. The van der Waals surface area contributed by atoms with E-state index in [0.717, 1.165) is 19.4 Å². The molecule has 1 aromatic heterocycles. The van der Waals surface area contributed by atoms with Gasteiger partial charge in [-0.3, -0.25) is 4.79 Å². The highest BCUT2D eigenvalue weighted by Crippen LogP contribution is 2.37. The minimum Gasteiger partial charge on any atom is -0.377 e. The first-order chi connectivity index (χ1) is 9.70. The Morgan fingerprint density at radius 1 is 1.65 bits per heavy atom. The van der Waals surface area contributed by atoms with Gasteiger partial charge in [-0.2, -0.15) is 0 Å². The van der Waals surface area contributed by atoms with E-state index >= 15 is 0 Å². The van der Waals surface area contributed by atoms with Crippen molar-refractivity contribution in [1.82, 2.24) is 10.5 Å². The second-order valence-corrected chi connectivity index (χ2v) is 5.33. The van der Waals surface area contributed by atoms with Crippen molar-refractivity contribution >= 4 is 5.91 Å². The first-order valence-corrected chi connectivity index (χ1v) is 6.83. The Morgan fingerprint density at radius 2 is 2.50 bits per heavy atom. The lowest BCUT2D eigenvalue weighted by Gasteiger charge is -2.52. The zero-order chi connectivity index (χ0) is 14.1. The number of fused-ring (bicyclic) bond motifs is 1. The first-order valence-electron chi connectivity index (χ1n) is 6.83. The maximum atomic E-state index is 12.1. The number of nitrogens with two attached hydrogens (primary N) is 1. The summed E-state index contributed by atoms with van der Waals surface area (Å²) in [6, 6.07) is 1.38. The molecule has 4 unspecified atom stereocenters. The third-order valence-electron chi connectivity index (χ3n) is 4.05. The Morgan fingerprint density at radius 3 is 3.30 bits per heavy atom. The zero-order valence-corrected chi connectivity index (χ0v) is 11.4. The number of aromatic nitrogens is 1. The number of hydrogen-bond acceptors (Lipinski definition) is 6. The van der Waals surface area contributed by atoms with Crippen LogP contribution in [0.1, 0.15) is 29.1 Å². The lowest BCUT2D eigenvalue weighted by Crippen LogP contribution is -2.72. The van der Waals surface area contributed by atoms with Gasteiger partial charge in [-0.05, 0) is 12.8 Å². The van der Waals surface area contributed by atoms with Gasteiger partial charge in [0.05, 0.1) is 12.1 Å². The molecule has 0 radical (unpaired) electrons. The number of methoxy groups -OCH3 is 1. The molecular formula is C13H19N3O4. The minimum atomic E-state index is -0.288. The van der Waals surface area contributed by atoms with Crippen LogP contribution in [0.3, 0.4) is 0 Å². The Bertz CT molecular complexity index is 490. The van der Waals surface area contributed by atoms with Crippen LogP contribution < -0.4 is 11.1 Å². The molecule has 1 aromatic rings. The SMILES string of the molecule is COCc1cc(C(=O)NC2C(N)C3CCCOC32)no1. The number of nitrogens with zero attached hydrogens (tertiary/aromatic N) is 1. The molecule has 2 fully saturated rings. The van der Waals surface area contributed by atoms with Gasteiger partial charge >= 0.3 is 0 Å². The van der Waals surface area contributed by atoms with Crippen LogP contribution in [-0.4, -0.2) is 43.0 Å². The van der Waals surface area contributed by atoms with Gasteiger partial charge in [0.1, 0.15) is 6.61 Å². The van der Waals surface area contributed by atoms with Crippen molar-refractivity contribution < 1.29 is 18.8 Å². The van der Waals surface area contributed by atoms with Crippen LogP contribution in [0, 0.1) is 5.92 Å². The van der Waals surface area contributed by atoms with Crippen molar-refractivity contribution in [3.63, 3.8) is 0 Å².